The van der Waals surface area contributed by atoms with Gasteiger partial charge >= 0.3 is 12.1 Å². The van der Waals surface area contributed by atoms with Gasteiger partial charge in [-0.2, -0.15) is 18.4 Å². The van der Waals surface area contributed by atoms with Gasteiger partial charge in [-0.05, 0) is 54.8 Å². The van der Waals surface area contributed by atoms with E-state index in [1.165, 1.54) is 29.0 Å². The van der Waals surface area contributed by atoms with Gasteiger partial charge in [-0.1, -0.05) is 6.07 Å². The Morgan fingerprint density at radius 3 is 2.62 bits per heavy atom. The molecule has 6 nitrogen and oxygen atoms in total. The number of hydrogen-bond acceptors (Lipinski definition) is 3. The fourth-order valence-electron chi connectivity index (χ4n) is 4.09. The number of fused-ring (bicyclic) bond motifs is 2. The number of carbonyl (C=O) groups is 2. The molecule has 0 saturated heterocycles. The number of nitrogens with zero attached hydrogens (tertiary/aromatic N) is 3. The summed E-state index contributed by atoms with van der Waals surface area (Å²) in [5.74, 6) is -2.53. The third kappa shape index (κ3) is 4.37. The van der Waals surface area contributed by atoms with Crippen molar-refractivity contribution < 1.29 is 32.3 Å². The minimum atomic E-state index is -4.59. The number of carbonyl (C=O) groups excluding carboxylic acids is 1. The normalized spacial score (nSPS) is 14.1. The van der Waals surface area contributed by atoms with Crippen LogP contribution in [0.5, 0.6) is 0 Å². The number of anilines is 1. The van der Waals surface area contributed by atoms with Gasteiger partial charge in [-0.25, -0.2) is 4.39 Å². The van der Waals surface area contributed by atoms with E-state index in [0.29, 0.717) is 29.3 Å². The lowest BCUT2D eigenvalue weighted by molar-refractivity contribution is -0.138. The Hall–Kier alpha value is -4.13. The lowest BCUT2D eigenvalue weighted by Gasteiger charge is -2.30. The Morgan fingerprint density at radius 1 is 1.18 bits per heavy atom. The molecule has 4 rings (SSSR count). The largest absolute Gasteiger partial charge is 0.480 e. The van der Waals surface area contributed by atoms with E-state index in [2.05, 4.69) is 0 Å². The molecular weight excluding hydrogens is 454 g/mol. The van der Waals surface area contributed by atoms with Gasteiger partial charge in [0.2, 0.25) is 0 Å². The van der Waals surface area contributed by atoms with E-state index >= 15 is 0 Å². The van der Waals surface area contributed by atoms with Gasteiger partial charge < -0.3 is 14.6 Å². The molecule has 0 spiro atoms. The van der Waals surface area contributed by atoms with Crippen molar-refractivity contribution in [2.24, 2.45) is 0 Å². The first kappa shape index (κ1) is 23.0. The number of carboxylic acids is 1. The van der Waals surface area contributed by atoms with Crippen LogP contribution in [0.15, 0.2) is 48.2 Å². The third-order valence-electron chi connectivity index (χ3n) is 5.61. The summed E-state index contributed by atoms with van der Waals surface area (Å²) in [6.45, 7) is -0.299. The van der Waals surface area contributed by atoms with Crippen molar-refractivity contribution in [3.8, 4) is 6.07 Å². The number of hydrogen-bond donors (Lipinski definition) is 1. The molecular formula is C24H17F4N3O3. The highest BCUT2D eigenvalue weighted by atomic mass is 19.4. The van der Waals surface area contributed by atoms with Crippen LogP contribution in [0.1, 0.15) is 23.1 Å². The van der Waals surface area contributed by atoms with E-state index < -0.39 is 36.0 Å². The van der Waals surface area contributed by atoms with E-state index in [0.717, 1.165) is 29.2 Å². The van der Waals surface area contributed by atoms with Crippen LogP contribution in [0.4, 0.5) is 23.2 Å². The van der Waals surface area contributed by atoms with Crippen molar-refractivity contribution in [3.63, 3.8) is 0 Å². The van der Waals surface area contributed by atoms with Crippen LogP contribution in [0.3, 0.4) is 0 Å². The quantitative estimate of drug-likeness (QED) is 0.337. The number of alkyl halides is 3. The number of nitriles is 1. The Labute approximate surface area is 190 Å². The van der Waals surface area contributed by atoms with Crippen LogP contribution in [0.25, 0.3) is 17.0 Å². The first-order valence-electron chi connectivity index (χ1n) is 10.2. The highest BCUT2D eigenvalue weighted by Gasteiger charge is 2.33. The van der Waals surface area contributed by atoms with Gasteiger partial charge in [-0.15, -0.1) is 0 Å². The topological polar surface area (TPSA) is 86.3 Å². The molecule has 0 unspecified atom stereocenters. The monoisotopic (exact) mass is 471 g/mol. The van der Waals surface area contributed by atoms with Crippen LogP contribution in [-0.2, 0) is 28.7 Å². The van der Waals surface area contributed by atoms with Gasteiger partial charge in [0.1, 0.15) is 24.0 Å². The summed E-state index contributed by atoms with van der Waals surface area (Å²) >= 11 is 0. The van der Waals surface area contributed by atoms with Gasteiger partial charge in [0, 0.05) is 34.9 Å². The molecule has 0 radical (unpaired) electrons. The third-order valence-corrected chi connectivity index (χ3v) is 5.61. The Balaban J connectivity index is 1.78. The fourth-order valence-corrected chi connectivity index (χ4v) is 4.09. The lowest BCUT2D eigenvalue weighted by atomic mass is 9.98. The fraction of sp³-hybridized carbons (Fsp3) is 0.208. The second-order valence-electron chi connectivity index (χ2n) is 7.84. The SMILES string of the molecule is N#CC(=Cc1cn(CC(=O)O)c2ccc(F)cc12)C(=O)N1CCCc2ccc(C(F)(F)F)cc21. The van der Waals surface area contributed by atoms with Gasteiger partial charge in [0.15, 0.2) is 0 Å². The second-order valence-corrected chi connectivity index (χ2v) is 7.84. The summed E-state index contributed by atoms with van der Waals surface area (Å²) in [5.41, 5.74) is 0.000925. The van der Waals surface area contributed by atoms with Crippen molar-refractivity contribution in [2.45, 2.75) is 25.6 Å². The highest BCUT2D eigenvalue weighted by Crippen LogP contribution is 2.36. The summed E-state index contributed by atoms with van der Waals surface area (Å²) in [4.78, 5) is 25.6. The second kappa shape index (κ2) is 8.67. The maximum absolute atomic E-state index is 13.9. The zero-order valence-corrected chi connectivity index (χ0v) is 17.6. The molecule has 0 aliphatic carbocycles. The lowest BCUT2D eigenvalue weighted by Crippen LogP contribution is -2.36. The van der Waals surface area contributed by atoms with E-state index in [1.54, 1.807) is 6.07 Å². The molecule has 1 aliphatic heterocycles. The Morgan fingerprint density at radius 2 is 1.94 bits per heavy atom. The van der Waals surface area contributed by atoms with E-state index in [1.807, 2.05) is 0 Å². The average Bonchev–Trinajstić information content (AvgIpc) is 3.11. The molecule has 34 heavy (non-hydrogen) atoms. The molecule has 10 heteroatoms. The van der Waals surface area contributed by atoms with Crippen molar-refractivity contribution in [2.75, 3.05) is 11.4 Å². The minimum absolute atomic E-state index is 0.0894. The van der Waals surface area contributed by atoms with Crippen LogP contribution in [0, 0.1) is 17.1 Å². The summed E-state index contributed by atoms with van der Waals surface area (Å²) in [6, 6.07) is 8.67. The molecule has 2 heterocycles. The summed E-state index contributed by atoms with van der Waals surface area (Å²) in [5, 5.41) is 19.1. The predicted molar refractivity (Wildman–Crippen MR) is 115 cm³/mol. The Bertz CT molecular complexity index is 1380. The van der Waals surface area contributed by atoms with Crippen molar-refractivity contribution >= 4 is 34.5 Å². The summed E-state index contributed by atoms with van der Waals surface area (Å²) in [7, 11) is 0. The summed E-state index contributed by atoms with van der Waals surface area (Å²) < 4.78 is 54.9. The van der Waals surface area contributed by atoms with Crippen LogP contribution in [0.2, 0.25) is 0 Å². The molecule has 1 aromatic heterocycles. The standard InChI is InChI=1S/C24H17F4N3O3/c25-18-5-6-20-19(10-18)16(12-30(20)13-22(32)33)8-15(11-29)23(34)31-7-1-2-14-3-4-17(9-21(14)31)24(26,27)28/h3-6,8-10,12H,1-2,7,13H2,(H,32,33). The molecule has 1 aliphatic rings. The number of carboxylic acid groups (broad SMARTS) is 1. The molecule has 174 valence electrons. The number of halogens is 4. The van der Waals surface area contributed by atoms with Crippen LogP contribution >= 0.6 is 0 Å². The number of aliphatic carboxylic acids is 1. The zero-order chi connectivity index (χ0) is 24.6. The van der Waals surface area contributed by atoms with E-state index in [9.17, 15) is 32.4 Å². The molecule has 0 saturated carbocycles. The molecule has 0 atom stereocenters. The number of aryl methyl sites for hydroxylation is 1. The maximum atomic E-state index is 13.9. The number of rotatable bonds is 4. The van der Waals surface area contributed by atoms with Crippen LogP contribution < -0.4 is 4.90 Å². The van der Waals surface area contributed by atoms with Crippen molar-refractivity contribution in [1.82, 2.24) is 4.57 Å². The smallest absolute Gasteiger partial charge is 0.416 e. The van der Waals surface area contributed by atoms with E-state index in [4.69, 9.17) is 5.11 Å². The van der Waals surface area contributed by atoms with Crippen molar-refractivity contribution in [1.29, 1.82) is 5.26 Å². The van der Waals surface area contributed by atoms with Gasteiger partial charge in [0.05, 0.1) is 5.56 Å². The molecule has 1 amide bonds. The molecule has 0 bridgehead atoms. The predicted octanol–water partition coefficient (Wildman–Crippen LogP) is 4.77. The first-order valence-corrected chi connectivity index (χ1v) is 10.2. The minimum Gasteiger partial charge on any atom is -0.480 e. The molecule has 1 N–H and O–H groups in total. The molecule has 0 fully saturated rings. The van der Waals surface area contributed by atoms with E-state index in [-0.39, 0.29) is 23.4 Å². The molecule has 3 aromatic rings. The summed E-state index contributed by atoms with van der Waals surface area (Å²) in [6.07, 6.45) is -1.01. The zero-order valence-electron chi connectivity index (χ0n) is 17.6. The van der Waals surface area contributed by atoms with Crippen LogP contribution in [-0.4, -0.2) is 28.1 Å². The van der Waals surface area contributed by atoms with Gasteiger partial charge in [-0.3, -0.25) is 9.59 Å². The van der Waals surface area contributed by atoms with Gasteiger partial charge in [0.25, 0.3) is 5.91 Å². The number of aromatic nitrogens is 1. The average molecular weight is 471 g/mol. The molecule has 2 aromatic carbocycles. The first-order chi connectivity index (χ1) is 16.1. The maximum Gasteiger partial charge on any atom is 0.416 e. The Kier molecular flexibility index (Phi) is 5.87. The highest BCUT2D eigenvalue weighted by molar-refractivity contribution is 6.12. The van der Waals surface area contributed by atoms with Crippen molar-refractivity contribution in [3.05, 3.63) is 70.7 Å². The number of amides is 1. The number of benzene rings is 2.